The third-order valence-corrected chi connectivity index (χ3v) is 14.9. The molecule has 0 heterocycles. The molecule has 0 saturated carbocycles. The van der Waals surface area contributed by atoms with Crippen molar-refractivity contribution in [1.29, 1.82) is 0 Å². The van der Waals surface area contributed by atoms with E-state index < -0.39 is 6.10 Å². The normalized spacial score (nSPS) is 12.3. The second kappa shape index (κ2) is 57.3. The minimum Gasteiger partial charge on any atom is -0.462 e. The summed E-state index contributed by atoms with van der Waals surface area (Å²) in [6.07, 6.45) is 63.9. The summed E-state index contributed by atoms with van der Waals surface area (Å²) < 4.78 is 16.9. The van der Waals surface area contributed by atoms with Crippen LogP contribution in [0.5, 0.6) is 0 Å². The number of hydrogen-bond acceptors (Lipinski definition) is 6. The van der Waals surface area contributed by atoms with Gasteiger partial charge >= 0.3 is 17.9 Å². The minimum atomic E-state index is -0.762. The van der Waals surface area contributed by atoms with Crippen molar-refractivity contribution >= 4 is 17.9 Å². The van der Waals surface area contributed by atoms with Gasteiger partial charge in [0.1, 0.15) is 13.2 Å². The molecular formula is C63H122O6. The molecule has 0 aliphatic heterocycles. The van der Waals surface area contributed by atoms with Crippen LogP contribution >= 0.6 is 0 Å². The van der Waals surface area contributed by atoms with Crippen molar-refractivity contribution in [3.05, 3.63) is 0 Å². The fourth-order valence-electron chi connectivity index (χ4n) is 9.78. The second-order valence-electron chi connectivity index (χ2n) is 21.9. The van der Waals surface area contributed by atoms with E-state index >= 15 is 0 Å². The molecule has 0 aliphatic carbocycles. The van der Waals surface area contributed by atoms with Crippen molar-refractivity contribution < 1.29 is 28.6 Å². The Morgan fingerprint density at radius 2 is 0.507 bits per heavy atom. The molecule has 0 N–H and O–H groups in total. The van der Waals surface area contributed by atoms with Gasteiger partial charge in [0.15, 0.2) is 6.10 Å². The molecule has 410 valence electrons. The lowest BCUT2D eigenvalue weighted by Crippen LogP contribution is -2.30. The lowest BCUT2D eigenvalue weighted by molar-refractivity contribution is -0.167. The first-order valence-electron chi connectivity index (χ1n) is 31.4. The van der Waals surface area contributed by atoms with E-state index in [2.05, 4.69) is 27.7 Å². The molecule has 0 aromatic heterocycles. The minimum absolute atomic E-state index is 0.0613. The first-order chi connectivity index (χ1) is 33.9. The summed E-state index contributed by atoms with van der Waals surface area (Å²) in [4.78, 5) is 38.2. The summed E-state index contributed by atoms with van der Waals surface area (Å²) in [6, 6.07) is 0. The summed E-state index contributed by atoms with van der Waals surface area (Å²) in [5, 5.41) is 0. The third kappa shape index (κ3) is 55.6. The highest BCUT2D eigenvalue weighted by Gasteiger charge is 2.19. The van der Waals surface area contributed by atoms with Crippen LogP contribution in [-0.4, -0.2) is 37.2 Å². The Hall–Kier alpha value is -1.59. The van der Waals surface area contributed by atoms with Crippen LogP contribution in [0.4, 0.5) is 0 Å². The Morgan fingerprint density at radius 3 is 0.754 bits per heavy atom. The predicted octanol–water partition coefficient (Wildman–Crippen LogP) is 21.0. The molecule has 0 spiro atoms. The SMILES string of the molecule is CCCCCCCCCCCCCCCCCCCCC(=O)O[C@H](COC(=O)CCCCCCCCCCCCC)COC(=O)CCCCCCCCCCCCCCCCCCCCC(C)CC. The maximum atomic E-state index is 12.9. The summed E-state index contributed by atoms with van der Waals surface area (Å²) >= 11 is 0. The van der Waals surface area contributed by atoms with Crippen molar-refractivity contribution in [2.24, 2.45) is 5.92 Å². The molecular weight excluding hydrogens is 853 g/mol. The zero-order chi connectivity index (χ0) is 50.2. The molecule has 6 nitrogen and oxygen atoms in total. The van der Waals surface area contributed by atoms with Gasteiger partial charge in [-0.2, -0.15) is 0 Å². The largest absolute Gasteiger partial charge is 0.462 e. The zero-order valence-corrected chi connectivity index (χ0v) is 47.3. The number of rotatable bonds is 58. The Balaban J connectivity index is 4.21. The van der Waals surface area contributed by atoms with Crippen LogP contribution in [0.2, 0.25) is 0 Å². The van der Waals surface area contributed by atoms with Gasteiger partial charge in [0.05, 0.1) is 0 Å². The van der Waals surface area contributed by atoms with Crippen molar-refractivity contribution in [3.8, 4) is 0 Å². The average Bonchev–Trinajstić information content (AvgIpc) is 3.35. The van der Waals surface area contributed by atoms with Gasteiger partial charge in [0, 0.05) is 19.3 Å². The lowest BCUT2D eigenvalue weighted by atomic mass is 9.99. The number of carbonyl (C=O) groups excluding carboxylic acids is 3. The Kier molecular flexibility index (Phi) is 56.0. The first kappa shape index (κ1) is 67.4. The monoisotopic (exact) mass is 975 g/mol. The smallest absolute Gasteiger partial charge is 0.306 e. The molecule has 0 aromatic rings. The number of ether oxygens (including phenoxy) is 3. The quantitative estimate of drug-likeness (QED) is 0.0343. The van der Waals surface area contributed by atoms with Crippen LogP contribution in [0.1, 0.15) is 362 Å². The van der Waals surface area contributed by atoms with Gasteiger partial charge in [-0.3, -0.25) is 14.4 Å². The van der Waals surface area contributed by atoms with Crippen LogP contribution in [0.3, 0.4) is 0 Å². The van der Waals surface area contributed by atoms with E-state index in [4.69, 9.17) is 14.2 Å². The maximum Gasteiger partial charge on any atom is 0.306 e. The van der Waals surface area contributed by atoms with Crippen LogP contribution in [0.25, 0.3) is 0 Å². The van der Waals surface area contributed by atoms with Gasteiger partial charge in [0.2, 0.25) is 0 Å². The molecule has 0 aliphatic rings. The van der Waals surface area contributed by atoms with Crippen LogP contribution in [0, 0.1) is 5.92 Å². The van der Waals surface area contributed by atoms with Gasteiger partial charge in [-0.25, -0.2) is 0 Å². The number of esters is 3. The van der Waals surface area contributed by atoms with E-state index in [1.807, 2.05) is 0 Å². The van der Waals surface area contributed by atoms with Crippen LogP contribution in [0.15, 0.2) is 0 Å². The second-order valence-corrected chi connectivity index (χ2v) is 21.9. The number of carbonyl (C=O) groups is 3. The van der Waals surface area contributed by atoms with Crippen LogP contribution in [-0.2, 0) is 28.6 Å². The summed E-state index contributed by atoms with van der Waals surface area (Å²) in [6.45, 7) is 9.12. The fourth-order valence-corrected chi connectivity index (χ4v) is 9.78. The topological polar surface area (TPSA) is 78.9 Å². The van der Waals surface area contributed by atoms with Gasteiger partial charge in [-0.15, -0.1) is 0 Å². The molecule has 6 heteroatoms. The first-order valence-corrected chi connectivity index (χ1v) is 31.4. The van der Waals surface area contributed by atoms with E-state index in [1.54, 1.807) is 0 Å². The lowest BCUT2D eigenvalue weighted by Gasteiger charge is -2.18. The van der Waals surface area contributed by atoms with Gasteiger partial charge in [-0.1, -0.05) is 323 Å². The van der Waals surface area contributed by atoms with E-state index in [9.17, 15) is 14.4 Å². The maximum absolute atomic E-state index is 12.9. The Morgan fingerprint density at radius 1 is 0.290 bits per heavy atom. The summed E-state index contributed by atoms with van der Waals surface area (Å²) in [5.41, 5.74) is 0. The molecule has 0 radical (unpaired) electrons. The average molecular weight is 976 g/mol. The standard InChI is InChI=1S/C63H122O6/c1-5-8-10-12-14-16-18-19-20-21-25-29-32-36-40-44-48-52-56-63(66)69-60(57-67-61(64)54-50-46-42-38-33-17-15-13-11-9-6-2)58-68-62(65)55-51-47-43-39-35-31-28-26-23-22-24-27-30-34-37-41-45-49-53-59(4)7-3/h59-60H,5-58H2,1-4H3/t59?,60-/m1/s1. The molecule has 69 heavy (non-hydrogen) atoms. The molecule has 2 atom stereocenters. The molecule has 1 unspecified atom stereocenters. The molecule has 0 fully saturated rings. The fraction of sp³-hybridized carbons (Fsp3) is 0.952. The molecule has 0 aromatic carbocycles. The van der Waals surface area contributed by atoms with E-state index in [0.717, 1.165) is 63.7 Å². The van der Waals surface area contributed by atoms with Crippen molar-refractivity contribution in [2.75, 3.05) is 13.2 Å². The van der Waals surface area contributed by atoms with Gasteiger partial charge in [-0.05, 0) is 25.2 Å². The molecule has 0 saturated heterocycles. The van der Waals surface area contributed by atoms with Crippen molar-refractivity contribution in [2.45, 2.75) is 368 Å². The molecule has 0 amide bonds. The van der Waals surface area contributed by atoms with Gasteiger partial charge in [0.25, 0.3) is 0 Å². The molecule has 0 rings (SSSR count). The zero-order valence-electron chi connectivity index (χ0n) is 47.3. The van der Waals surface area contributed by atoms with Crippen molar-refractivity contribution in [1.82, 2.24) is 0 Å². The van der Waals surface area contributed by atoms with E-state index in [1.165, 1.54) is 257 Å². The van der Waals surface area contributed by atoms with Crippen LogP contribution < -0.4 is 0 Å². The number of unbranched alkanes of at least 4 members (excludes halogenated alkanes) is 44. The van der Waals surface area contributed by atoms with Gasteiger partial charge < -0.3 is 14.2 Å². The highest BCUT2D eigenvalue weighted by Crippen LogP contribution is 2.19. The highest BCUT2D eigenvalue weighted by molar-refractivity contribution is 5.71. The summed E-state index contributed by atoms with van der Waals surface area (Å²) in [7, 11) is 0. The third-order valence-electron chi connectivity index (χ3n) is 14.9. The van der Waals surface area contributed by atoms with E-state index in [0.29, 0.717) is 19.3 Å². The Labute approximate surface area is 431 Å². The Bertz CT molecular complexity index is 1040. The van der Waals surface area contributed by atoms with Crippen molar-refractivity contribution in [3.63, 3.8) is 0 Å². The number of hydrogen-bond donors (Lipinski definition) is 0. The predicted molar refractivity (Wildman–Crippen MR) is 298 cm³/mol. The van der Waals surface area contributed by atoms with E-state index in [-0.39, 0.29) is 31.1 Å². The summed E-state index contributed by atoms with van der Waals surface area (Å²) in [5.74, 6) is 0.0792. The molecule has 0 bridgehead atoms. The highest BCUT2D eigenvalue weighted by atomic mass is 16.6.